The van der Waals surface area contributed by atoms with E-state index < -0.39 is 0 Å². The van der Waals surface area contributed by atoms with Gasteiger partial charge in [0.1, 0.15) is 11.3 Å². The fourth-order valence-electron chi connectivity index (χ4n) is 5.22. The van der Waals surface area contributed by atoms with Crippen LogP contribution in [-0.2, 0) is 0 Å². The summed E-state index contributed by atoms with van der Waals surface area (Å²) in [7, 11) is 0. The van der Waals surface area contributed by atoms with Crippen molar-refractivity contribution in [1.82, 2.24) is 25.6 Å². The number of aromatic amines is 1. The first-order chi connectivity index (χ1) is 18.8. The quantitative estimate of drug-likeness (QED) is 0.271. The number of ether oxygens (including phenoxy) is 1. The molecule has 0 radical (unpaired) electrons. The highest BCUT2D eigenvalue weighted by Gasteiger charge is 2.26. The normalized spacial score (nSPS) is 15.0. The molecule has 8 nitrogen and oxygen atoms in total. The molecule has 1 unspecified atom stereocenters. The third kappa shape index (κ3) is 4.06. The van der Waals surface area contributed by atoms with E-state index in [1.54, 1.807) is 0 Å². The minimum atomic E-state index is 0.178. The Balaban J connectivity index is 1.43. The molecule has 1 aliphatic rings. The highest BCUT2D eigenvalue weighted by Crippen LogP contribution is 2.46. The zero-order valence-corrected chi connectivity index (χ0v) is 20.5. The van der Waals surface area contributed by atoms with Crippen LogP contribution in [0.5, 0.6) is 5.75 Å². The van der Waals surface area contributed by atoms with Crippen molar-refractivity contribution in [3.05, 3.63) is 102 Å². The van der Waals surface area contributed by atoms with Gasteiger partial charge in [0.15, 0.2) is 11.4 Å². The number of hydrogen-bond acceptors (Lipinski definition) is 7. The number of H-pyrrole nitrogens is 1. The standard InChI is InChI=1S/C30H24N6O2/c1-2-9-19(10-3-1)21-13-8-16-37-28-24(21)17-20(22-11-4-5-12-23(22)29-33-35-36-34-29)18-26(28)32-30-31-25-14-6-7-15-27(25)38-30/h1-7,9-12,14-15,17-18,21H,8,13,16H2,(H,31,32)(H,33,34,35,36). The van der Waals surface area contributed by atoms with Crippen LogP contribution < -0.4 is 10.1 Å². The van der Waals surface area contributed by atoms with Crippen LogP contribution in [0.15, 0.2) is 95.4 Å². The first-order valence-electron chi connectivity index (χ1n) is 12.7. The number of rotatable bonds is 5. The molecule has 0 saturated carbocycles. The van der Waals surface area contributed by atoms with Gasteiger partial charge in [0.2, 0.25) is 0 Å². The fraction of sp³-hybridized carbons (Fsp3) is 0.133. The minimum absolute atomic E-state index is 0.178. The molecule has 0 amide bonds. The number of anilines is 2. The summed E-state index contributed by atoms with van der Waals surface area (Å²) in [5, 5.41) is 18.1. The monoisotopic (exact) mass is 500 g/mol. The van der Waals surface area contributed by atoms with E-state index in [4.69, 9.17) is 9.15 Å². The van der Waals surface area contributed by atoms with Crippen molar-refractivity contribution < 1.29 is 9.15 Å². The summed E-state index contributed by atoms with van der Waals surface area (Å²) in [5.74, 6) is 1.61. The van der Waals surface area contributed by atoms with Crippen LogP contribution in [0.2, 0.25) is 0 Å². The molecule has 0 bridgehead atoms. The van der Waals surface area contributed by atoms with Crippen LogP contribution in [0, 0.1) is 0 Å². The van der Waals surface area contributed by atoms with Crippen LogP contribution in [0.25, 0.3) is 33.6 Å². The minimum Gasteiger partial charge on any atom is -0.491 e. The zero-order valence-electron chi connectivity index (χ0n) is 20.5. The average Bonchev–Trinajstić information content (AvgIpc) is 3.59. The number of nitrogens with one attached hydrogen (secondary N) is 2. The summed E-state index contributed by atoms with van der Waals surface area (Å²) < 4.78 is 12.4. The van der Waals surface area contributed by atoms with Gasteiger partial charge in [-0.15, -0.1) is 5.10 Å². The van der Waals surface area contributed by atoms with E-state index in [0.717, 1.165) is 57.6 Å². The van der Waals surface area contributed by atoms with Gasteiger partial charge >= 0.3 is 0 Å². The second kappa shape index (κ2) is 9.48. The Morgan fingerprint density at radius 2 is 1.68 bits per heavy atom. The maximum Gasteiger partial charge on any atom is 0.300 e. The summed E-state index contributed by atoms with van der Waals surface area (Å²) in [4.78, 5) is 4.65. The van der Waals surface area contributed by atoms with E-state index in [2.05, 4.69) is 79.5 Å². The van der Waals surface area contributed by atoms with Gasteiger partial charge in [-0.25, -0.2) is 5.10 Å². The third-order valence-corrected chi connectivity index (χ3v) is 6.95. The molecule has 186 valence electrons. The highest BCUT2D eigenvalue weighted by atomic mass is 16.5. The Kier molecular flexibility index (Phi) is 5.55. The van der Waals surface area contributed by atoms with Gasteiger partial charge < -0.3 is 14.5 Å². The lowest BCUT2D eigenvalue weighted by Crippen LogP contribution is -2.04. The molecule has 0 saturated heterocycles. The molecule has 0 spiro atoms. The fourth-order valence-corrected chi connectivity index (χ4v) is 5.22. The van der Waals surface area contributed by atoms with Crippen molar-refractivity contribution in [2.75, 3.05) is 11.9 Å². The van der Waals surface area contributed by atoms with Gasteiger partial charge in [0.05, 0.1) is 12.3 Å². The Hall–Kier alpha value is -4.98. The Morgan fingerprint density at radius 3 is 2.53 bits per heavy atom. The number of tetrazole rings is 1. The summed E-state index contributed by atoms with van der Waals surface area (Å²) in [6, 6.07) is 31.2. The predicted molar refractivity (Wildman–Crippen MR) is 145 cm³/mol. The van der Waals surface area contributed by atoms with Gasteiger partial charge in [-0.2, -0.15) is 4.98 Å². The predicted octanol–water partition coefficient (Wildman–Crippen LogP) is 6.72. The number of nitrogens with zero attached hydrogens (tertiary/aromatic N) is 4. The summed E-state index contributed by atoms with van der Waals surface area (Å²) in [6.07, 6.45) is 1.93. The van der Waals surface area contributed by atoms with Crippen molar-refractivity contribution in [3.8, 4) is 28.3 Å². The van der Waals surface area contributed by atoms with Gasteiger partial charge in [-0.3, -0.25) is 0 Å². The van der Waals surface area contributed by atoms with E-state index in [-0.39, 0.29) is 5.92 Å². The maximum absolute atomic E-state index is 6.40. The molecule has 1 aliphatic heterocycles. The lowest BCUT2D eigenvalue weighted by molar-refractivity contribution is 0.318. The SMILES string of the molecule is c1ccc(C2CCCOc3c(Nc4nc5ccccc5o4)cc(-c4ccccc4-c4nnn[nH]4)cc32)cc1. The first-order valence-corrected chi connectivity index (χ1v) is 12.7. The van der Waals surface area contributed by atoms with Crippen molar-refractivity contribution in [3.63, 3.8) is 0 Å². The van der Waals surface area contributed by atoms with Gasteiger partial charge in [0, 0.05) is 17.0 Å². The number of aromatic nitrogens is 5. The van der Waals surface area contributed by atoms with Crippen molar-refractivity contribution in [2.24, 2.45) is 0 Å². The molecule has 0 fully saturated rings. The molecule has 8 heteroatoms. The Labute approximate surface area is 218 Å². The second-order valence-electron chi connectivity index (χ2n) is 9.30. The van der Waals surface area contributed by atoms with E-state index in [0.29, 0.717) is 18.4 Å². The first kappa shape index (κ1) is 22.2. The van der Waals surface area contributed by atoms with Crippen molar-refractivity contribution >= 4 is 22.8 Å². The number of oxazole rings is 1. The summed E-state index contributed by atoms with van der Waals surface area (Å²) in [5.41, 5.74) is 7.64. The van der Waals surface area contributed by atoms with Gasteiger partial charge in [-0.1, -0.05) is 66.7 Å². The molecule has 38 heavy (non-hydrogen) atoms. The van der Waals surface area contributed by atoms with Crippen molar-refractivity contribution in [1.29, 1.82) is 0 Å². The summed E-state index contributed by atoms with van der Waals surface area (Å²) in [6.45, 7) is 0.637. The molecule has 0 aliphatic carbocycles. The molecular weight excluding hydrogens is 476 g/mol. The van der Waals surface area contributed by atoms with E-state index >= 15 is 0 Å². The zero-order chi connectivity index (χ0) is 25.3. The highest BCUT2D eigenvalue weighted by molar-refractivity contribution is 5.85. The topological polar surface area (TPSA) is 102 Å². The van der Waals surface area contributed by atoms with Crippen LogP contribution in [0.4, 0.5) is 11.7 Å². The van der Waals surface area contributed by atoms with E-state index in [1.807, 2.05) is 42.5 Å². The molecule has 2 aromatic heterocycles. The smallest absolute Gasteiger partial charge is 0.300 e. The van der Waals surface area contributed by atoms with E-state index in [1.165, 1.54) is 5.56 Å². The van der Waals surface area contributed by atoms with Gasteiger partial charge in [-0.05, 0) is 64.2 Å². The lowest BCUT2D eigenvalue weighted by atomic mass is 9.85. The molecule has 4 aromatic carbocycles. The summed E-state index contributed by atoms with van der Waals surface area (Å²) >= 11 is 0. The molecule has 6 aromatic rings. The largest absolute Gasteiger partial charge is 0.491 e. The maximum atomic E-state index is 6.40. The van der Waals surface area contributed by atoms with Crippen LogP contribution in [0.3, 0.4) is 0 Å². The van der Waals surface area contributed by atoms with Crippen molar-refractivity contribution in [2.45, 2.75) is 18.8 Å². The second-order valence-corrected chi connectivity index (χ2v) is 9.30. The number of hydrogen-bond donors (Lipinski definition) is 2. The molecule has 7 rings (SSSR count). The Morgan fingerprint density at radius 1 is 0.868 bits per heavy atom. The molecule has 3 heterocycles. The van der Waals surface area contributed by atoms with Gasteiger partial charge in [0.25, 0.3) is 6.01 Å². The molecule has 1 atom stereocenters. The number of benzene rings is 4. The van der Waals surface area contributed by atoms with Crippen LogP contribution >= 0.6 is 0 Å². The molecular formula is C30H24N6O2. The average molecular weight is 501 g/mol. The van der Waals surface area contributed by atoms with Crippen LogP contribution in [-0.4, -0.2) is 32.2 Å². The molecule has 2 N–H and O–H groups in total. The van der Waals surface area contributed by atoms with E-state index in [9.17, 15) is 0 Å². The Bertz CT molecular complexity index is 1680. The number of para-hydroxylation sites is 2. The number of fused-ring (bicyclic) bond motifs is 2. The third-order valence-electron chi connectivity index (χ3n) is 6.95. The van der Waals surface area contributed by atoms with Crippen LogP contribution in [0.1, 0.15) is 29.9 Å². The lowest BCUT2D eigenvalue weighted by Gasteiger charge is -2.21.